The number of nitrogens with one attached hydrogen (secondary N) is 2. The summed E-state index contributed by atoms with van der Waals surface area (Å²) in [6.07, 6.45) is -2.48. The summed E-state index contributed by atoms with van der Waals surface area (Å²) in [6.45, 7) is 5.50. The number of carbonyl (C=O) groups excluding carboxylic acids is 2. The Kier molecular flexibility index (Phi) is 7.30. The molecule has 0 bridgehead atoms. The molecule has 1 atom stereocenters. The Hall–Kier alpha value is -2.43. The number of nitrogens with zero attached hydrogens (tertiary/aromatic N) is 3. The van der Waals surface area contributed by atoms with Crippen LogP contribution >= 0.6 is 0 Å². The highest BCUT2D eigenvalue weighted by molar-refractivity contribution is 5.80. The average Bonchev–Trinajstić information content (AvgIpc) is 2.58. The van der Waals surface area contributed by atoms with Crippen LogP contribution in [-0.2, 0) is 15.8 Å². The van der Waals surface area contributed by atoms with E-state index in [-0.39, 0.29) is 18.4 Å². The number of amides is 2. The molecule has 0 saturated carbocycles. The van der Waals surface area contributed by atoms with Crippen LogP contribution in [0, 0.1) is 11.3 Å². The molecule has 2 amide bonds. The zero-order chi connectivity index (χ0) is 20.0. The van der Waals surface area contributed by atoms with Gasteiger partial charge in [0.2, 0.25) is 18.3 Å². The maximum atomic E-state index is 12.6. The molecule has 1 unspecified atom stereocenters. The van der Waals surface area contributed by atoms with E-state index < -0.39 is 29.6 Å². The molecule has 8 nitrogen and oxygen atoms in total. The van der Waals surface area contributed by atoms with Gasteiger partial charge in [-0.2, -0.15) is 13.2 Å². The first-order chi connectivity index (χ1) is 12.0. The van der Waals surface area contributed by atoms with Crippen molar-refractivity contribution >= 4 is 18.3 Å². The Balaban J connectivity index is 2.81. The van der Waals surface area contributed by atoms with Crippen molar-refractivity contribution in [1.29, 1.82) is 0 Å². The van der Waals surface area contributed by atoms with E-state index in [1.54, 1.807) is 0 Å². The van der Waals surface area contributed by atoms with Crippen molar-refractivity contribution in [2.24, 2.45) is 11.3 Å². The molecule has 0 aromatic carbocycles. The zero-order valence-corrected chi connectivity index (χ0v) is 14.7. The third-order valence-electron chi connectivity index (χ3n) is 3.90. The number of rotatable bonds is 9. The number of hydrazine groups is 1. The van der Waals surface area contributed by atoms with E-state index in [0.29, 0.717) is 17.6 Å². The summed E-state index contributed by atoms with van der Waals surface area (Å²) in [5.74, 6) is -1.84. The van der Waals surface area contributed by atoms with Crippen molar-refractivity contribution < 1.29 is 28.0 Å². The number of carbonyl (C=O) groups is 2. The second-order valence-corrected chi connectivity index (χ2v) is 6.52. The van der Waals surface area contributed by atoms with Crippen LogP contribution in [0.25, 0.3) is 0 Å². The summed E-state index contributed by atoms with van der Waals surface area (Å²) >= 11 is 0. The van der Waals surface area contributed by atoms with Gasteiger partial charge in [-0.15, -0.1) is 0 Å². The summed E-state index contributed by atoms with van der Waals surface area (Å²) in [5, 5.41) is 9.72. The number of anilines is 1. The highest BCUT2D eigenvalue weighted by Gasteiger charge is 2.33. The van der Waals surface area contributed by atoms with Crippen LogP contribution in [0.2, 0.25) is 0 Å². The van der Waals surface area contributed by atoms with Crippen LogP contribution in [0.3, 0.4) is 0 Å². The van der Waals surface area contributed by atoms with Crippen molar-refractivity contribution in [2.45, 2.75) is 39.8 Å². The fourth-order valence-corrected chi connectivity index (χ4v) is 2.12. The Labute approximate surface area is 148 Å². The summed E-state index contributed by atoms with van der Waals surface area (Å²) in [4.78, 5) is 29.8. The minimum absolute atomic E-state index is 0.169. The van der Waals surface area contributed by atoms with E-state index in [1.807, 2.05) is 20.8 Å². The largest absolute Gasteiger partial charge is 0.433 e. The van der Waals surface area contributed by atoms with Crippen LogP contribution in [0.4, 0.5) is 19.1 Å². The number of halogens is 3. The molecule has 0 fully saturated rings. The Morgan fingerprint density at radius 2 is 2.08 bits per heavy atom. The van der Waals surface area contributed by atoms with E-state index in [0.717, 1.165) is 12.6 Å². The van der Waals surface area contributed by atoms with Crippen molar-refractivity contribution in [3.63, 3.8) is 0 Å². The fraction of sp³-hybridized carbons (Fsp3) is 0.600. The van der Waals surface area contributed by atoms with Gasteiger partial charge < -0.3 is 0 Å². The zero-order valence-electron chi connectivity index (χ0n) is 14.7. The van der Waals surface area contributed by atoms with Crippen molar-refractivity contribution in [1.82, 2.24) is 20.5 Å². The molecule has 0 spiro atoms. The predicted molar refractivity (Wildman–Crippen MR) is 85.5 cm³/mol. The lowest BCUT2D eigenvalue weighted by Gasteiger charge is -2.29. The fourth-order valence-electron chi connectivity index (χ4n) is 2.12. The van der Waals surface area contributed by atoms with E-state index in [1.165, 1.54) is 0 Å². The minimum Gasteiger partial charge on any atom is -0.286 e. The predicted octanol–water partition coefficient (Wildman–Crippen LogP) is 2.23. The van der Waals surface area contributed by atoms with Crippen molar-refractivity contribution in [2.75, 3.05) is 12.0 Å². The van der Waals surface area contributed by atoms with E-state index >= 15 is 0 Å². The standard InChI is InChI=1S/C15H22F3N5O3/c1-4-14(2,3)7-10(8-23(26)9-24)12(25)21-22-13-19-6-5-11(20-13)15(16,17)18/h5-6,9-10,26H,4,7-8H2,1-3H3,(H,21,25)(H,19,20,22). The molecule has 1 rings (SSSR count). The van der Waals surface area contributed by atoms with Crippen LogP contribution in [-0.4, -0.2) is 39.1 Å². The smallest absolute Gasteiger partial charge is 0.286 e. The third-order valence-corrected chi connectivity index (χ3v) is 3.90. The minimum atomic E-state index is -4.64. The maximum Gasteiger partial charge on any atom is 0.433 e. The molecule has 11 heteroatoms. The Morgan fingerprint density at radius 1 is 1.42 bits per heavy atom. The second kappa shape index (κ2) is 8.79. The highest BCUT2D eigenvalue weighted by Crippen LogP contribution is 2.29. The maximum absolute atomic E-state index is 12.6. The van der Waals surface area contributed by atoms with Crippen LogP contribution < -0.4 is 10.9 Å². The quantitative estimate of drug-likeness (QED) is 0.346. The van der Waals surface area contributed by atoms with E-state index in [9.17, 15) is 28.0 Å². The molecule has 0 saturated heterocycles. The molecule has 1 aromatic rings. The average molecular weight is 377 g/mol. The van der Waals surface area contributed by atoms with Gasteiger partial charge in [-0.3, -0.25) is 25.6 Å². The van der Waals surface area contributed by atoms with Gasteiger partial charge in [0, 0.05) is 6.20 Å². The number of aromatic nitrogens is 2. The molecule has 26 heavy (non-hydrogen) atoms. The van der Waals surface area contributed by atoms with E-state index in [4.69, 9.17) is 0 Å². The van der Waals surface area contributed by atoms with Gasteiger partial charge in [-0.25, -0.2) is 15.0 Å². The number of alkyl halides is 3. The summed E-state index contributed by atoms with van der Waals surface area (Å²) < 4.78 is 37.9. The van der Waals surface area contributed by atoms with Gasteiger partial charge in [0.1, 0.15) is 5.69 Å². The molecule has 1 heterocycles. The summed E-state index contributed by atoms with van der Waals surface area (Å²) in [5.41, 5.74) is 3.03. The normalized spacial score (nSPS) is 13.0. The summed E-state index contributed by atoms with van der Waals surface area (Å²) in [7, 11) is 0. The molecule has 0 aliphatic carbocycles. The molecular weight excluding hydrogens is 355 g/mol. The molecule has 0 aliphatic heterocycles. The topological polar surface area (TPSA) is 107 Å². The molecule has 0 aliphatic rings. The summed E-state index contributed by atoms with van der Waals surface area (Å²) in [6, 6.07) is 0.702. The Morgan fingerprint density at radius 3 is 2.62 bits per heavy atom. The molecule has 0 radical (unpaired) electrons. The SMILES string of the molecule is CCC(C)(C)CC(CN(O)C=O)C(=O)NNc1nccc(C(F)(F)F)n1. The van der Waals surface area contributed by atoms with Gasteiger partial charge >= 0.3 is 6.18 Å². The molecular formula is C15H22F3N5O3. The molecule has 3 N–H and O–H groups in total. The molecule has 1 aromatic heterocycles. The van der Waals surface area contributed by atoms with Gasteiger partial charge in [0.25, 0.3) is 0 Å². The van der Waals surface area contributed by atoms with Gasteiger partial charge in [0.15, 0.2) is 0 Å². The lowest BCUT2D eigenvalue weighted by molar-refractivity contribution is -0.155. The Bertz CT molecular complexity index is 625. The molecule has 146 valence electrons. The lowest BCUT2D eigenvalue weighted by atomic mass is 9.80. The second-order valence-electron chi connectivity index (χ2n) is 6.52. The van der Waals surface area contributed by atoms with E-state index in [2.05, 4.69) is 20.8 Å². The number of hydrogen-bond acceptors (Lipinski definition) is 6. The van der Waals surface area contributed by atoms with Gasteiger partial charge in [-0.05, 0) is 17.9 Å². The first-order valence-corrected chi connectivity index (χ1v) is 7.85. The third kappa shape index (κ3) is 6.82. The van der Waals surface area contributed by atoms with Crippen molar-refractivity contribution in [3.8, 4) is 0 Å². The van der Waals surface area contributed by atoms with Crippen LogP contribution in [0.5, 0.6) is 0 Å². The van der Waals surface area contributed by atoms with Crippen molar-refractivity contribution in [3.05, 3.63) is 18.0 Å². The number of hydroxylamine groups is 2. The monoisotopic (exact) mass is 377 g/mol. The highest BCUT2D eigenvalue weighted by atomic mass is 19.4. The van der Waals surface area contributed by atoms with Gasteiger partial charge in [0.05, 0.1) is 12.5 Å². The van der Waals surface area contributed by atoms with Gasteiger partial charge in [-0.1, -0.05) is 27.2 Å². The first-order valence-electron chi connectivity index (χ1n) is 7.85. The first kappa shape index (κ1) is 21.6. The van der Waals surface area contributed by atoms with Crippen LogP contribution in [0.15, 0.2) is 12.3 Å². The lowest BCUT2D eigenvalue weighted by Crippen LogP contribution is -2.42. The van der Waals surface area contributed by atoms with Crippen LogP contribution in [0.1, 0.15) is 39.3 Å². The number of hydrogen-bond donors (Lipinski definition) is 3.